The van der Waals surface area contributed by atoms with Crippen LogP contribution in [-0.4, -0.2) is 42.8 Å². The number of rotatable bonds is 5. The molecule has 0 bridgehead atoms. The summed E-state index contributed by atoms with van der Waals surface area (Å²) < 4.78 is 10.4. The monoisotopic (exact) mass is 268 g/mol. The molecule has 2 heterocycles. The maximum absolute atomic E-state index is 5.98. The fourth-order valence-electron chi connectivity index (χ4n) is 1.57. The zero-order valence-corrected chi connectivity index (χ0v) is 11.4. The minimum absolute atomic E-state index is 0.261. The molecule has 0 amide bonds. The summed E-state index contributed by atoms with van der Waals surface area (Å²) in [5, 5.41) is 5.83. The molecule has 1 unspecified atom stereocenters. The van der Waals surface area contributed by atoms with Crippen molar-refractivity contribution in [1.82, 2.24) is 15.0 Å². The van der Waals surface area contributed by atoms with Crippen molar-refractivity contribution in [2.75, 3.05) is 27.7 Å². The highest BCUT2D eigenvalue weighted by Crippen LogP contribution is 2.34. The minimum atomic E-state index is -0.261. The maximum Gasteiger partial charge on any atom is 0.271 e. The Labute approximate surface area is 109 Å². The molecule has 2 N–H and O–H groups in total. The van der Waals surface area contributed by atoms with Gasteiger partial charge in [0.1, 0.15) is 10.6 Å². The van der Waals surface area contributed by atoms with Crippen molar-refractivity contribution in [3.63, 3.8) is 0 Å². The Balaban J connectivity index is 2.20. The predicted octanol–water partition coefficient (Wildman–Crippen LogP) is 1.37. The van der Waals surface area contributed by atoms with Gasteiger partial charge in [-0.05, 0) is 25.5 Å². The molecule has 0 saturated heterocycles. The molecule has 0 radical (unpaired) electrons. The number of thiophene rings is 1. The van der Waals surface area contributed by atoms with Gasteiger partial charge in [0.05, 0.1) is 13.2 Å². The van der Waals surface area contributed by atoms with Gasteiger partial charge in [0, 0.05) is 6.54 Å². The molecule has 0 saturated carbocycles. The van der Waals surface area contributed by atoms with Gasteiger partial charge >= 0.3 is 0 Å². The van der Waals surface area contributed by atoms with E-state index in [1.165, 1.54) is 11.3 Å². The number of methoxy groups -OCH3 is 1. The van der Waals surface area contributed by atoms with E-state index in [0.29, 0.717) is 18.3 Å². The van der Waals surface area contributed by atoms with Crippen LogP contribution in [0.25, 0.3) is 10.8 Å². The zero-order chi connectivity index (χ0) is 13.1. The van der Waals surface area contributed by atoms with E-state index >= 15 is 0 Å². The lowest BCUT2D eigenvalue weighted by molar-refractivity contribution is 0.356. The number of hydrogen-bond acceptors (Lipinski definition) is 7. The number of nitrogens with two attached hydrogens (primary N) is 1. The molecule has 0 fully saturated rings. The van der Waals surface area contributed by atoms with E-state index in [-0.39, 0.29) is 6.04 Å². The van der Waals surface area contributed by atoms with E-state index in [1.54, 1.807) is 7.11 Å². The van der Waals surface area contributed by atoms with Crippen LogP contribution in [0.4, 0.5) is 0 Å². The molecule has 2 aromatic heterocycles. The van der Waals surface area contributed by atoms with E-state index in [2.05, 4.69) is 10.1 Å². The van der Waals surface area contributed by atoms with Crippen LogP contribution in [0.2, 0.25) is 0 Å². The molecule has 6 nitrogen and oxygen atoms in total. The third-order valence-corrected chi connectivity index (χ3v) is 3.26. The fraction of sp³-hybridized carbons (Fsp3) is 0.455. The van der Waals surface area contributed by atoms with Crippen LogP contribution in [0.3, 0.4) is 0 Å². The molecule has 7 heteroatoms. The van der Waals surface area contributed by atoms with E-state index in [4.69, 9.17) is 15.0 Å². The average molecular weight is 268 g/mol. The second-order valence-electron chi connectivity index (χ2n) is 4.14. The van der Waals surface area contributed by atoms with Crippen molar-refractivity contribution < 1.29 is 9.26 Å². The molecular weight excluding hydrogens is 252 g/mol. The number of hydrogen-bond donors (Lipinski definition) is 1. The van der Waals surface area contributed by atoms with Gasteiger partial charge in [-0.25, -0.2) is 0 Å². The molecule has 2 rings (SSSR count). The van der Waals surface area contributed by atoms with Crippen LogP contribution < -0.4 is 10.5 Å². The number of aromatic nitrogens is 2. The van der Waals surface area contributed by atoms with Crippen LogP contribution in [-0.2, 0) is 0 Å². The Morgan fingerprint density at radius 1 is 1.56 bits per heavy atom. The molecule has 0 aliphatic rings. The molecule has 0 aliphatic heterocycles. The van der Waals surface area contributed by atoms with Gasteiger partial charge in [0.25, 0.3) is 5.89 Å². The third-order valence-electron chi connectivity index (χ3n) is 2.38. The SMILES string of the molecule is COc1ccsc1-c1nc(C(N)CN(C)C)no1. The van der Waals surface area contributed by atoms with Crippen molar-refractivity contribution >= 4 is 11.3 Å². The van der Waals surface area contributed by atoms with Gasteiger partial charge in [-0.2, -0.15) is 4.98 Å². The number of ether oxygens (including phenoxy) is 1. The summed E-state index contributed by atoms with van der Waals surface area (Å²) in [6.45, 7) is 0.667. The van der Waals surface area contributed by atoms with Gasteiger partial charge in [-0.1, -0.05) is 5.16 Å². The molecule has 98 valence electrons. The third kappa shape index (κ3) is 2.69. The lowest BCUT2D eigenvalue weighted by atomic mass is 10.3. The summed E-state index contributed by atoms with van der Waals surface area (Å²) >= 11 is 1.49. The van der Waals surface area contributed by atoms with Crippen molar-refractivity contribution in [3.05, 3.63) is 17.3 Å². The van der Waals surface area contributed by atoms with E-state index in [0.717, 1.165) is 10.6 Å². The highest BCUT2D eigenvalue weighted by molar-refractivity contribution is 7.13. The molecule has 18 heavy (non-hydrogen) atoms. The standard InChI is InChI=1S/C11H16N4O2S/c1-15(2)6-7(12)10-13-11(17-14-10)9-8(16-3)4-5-18-9/h4-5,7H,6,12H2,1-3H3. The van der Waals surface area contributed by atoms with Crippen molar-refractivity contribution in [1.29, 1.82) is 0 Å². The van der Waals surface area contributed by atoms with Gasteiger partial charge in [-0.3, -0.25) is 0 Å². The summed E-state index contributed by atoms with van der Waals surface area (Å²) in [5.41, 5.74) is 5.98. The first-order valence-electron chi connectivity index (χ1n) is 5.47. The predicted molar refractivity (Wildman–Crippen MR) is 69.6 cm³/mol. The molecular formula is C11H16N4O2S. The Hall–Kier alpha value is -1.44. The largest absolute Gasteiger partial charge is 0.495 e. The summed E-state index contributed by atoms with van der Waals surface area (Å²) in [4.78, 5) is 7.12. The Bertz CT molecular complexity index is 509. The highest BCUT2D eigenvalue weighted by atomic mass is 32.1. The van der Waals surface area contributed by atoms with E-state index in [9.17, 15) is 0 Å². The lowest BCUT2D eigenvalue weighted by Crippen LogP contribution is -2.26. The molecule has 0 spiro atoms. The van der Waals surface area contributed by atoms with Gasteiger partial charge in [0.2, 0.25) is 0 Å². The first-order valence-corrected chi connectivity index (χ1v) is 6.35. The smallest absolute Gasteiger partial charge is 0.271 e. The molecule has 0 aromatic carbocycles. The summed E-state index contributed by atoms with van der Waals surface area (Å²) in [6.07, 6.45) is 0. The second kappa shape index (κ2) is 5.47. The summed E-state index contributed by atoms with van der Waals surface area (Å²) in [7, 11) is 5.51. The average Bonchev–Trinajstić information content (AvgIpc) is 2.96. The van der Waals surface area contributed by atoms with E-state index < -0.39 is 0 Å². The van der Waals surface area contributed by atoms with Crippen LogP contribution in [0.1, 0.15) is 11.9 Å². The van der Waals surface area contributed by atoms with Crippen LogP contribution in [0, 0.1) is 0 Å². The molecule has 1 atom stereocenters. The number of likely N-dealkylation sites (N-methyl/N-ethyl adjacent to an activating group) is 1. The summed E-state index contributed by atoms with van der Waals surface area (Å²) in [5.74, 6) is 1.69. The van der Waals surface area contributed by atoms with Crippen LogP contribution >= 0.6 is 11.3 Å². The normalized spacial score (nSPS) is 12.9. The zero-order valence-electron chi connectivity index (χ0n) is 10.6. The van der Waals surface area contributed by atoms with Gasteiger partial charge in [-0.15, -0.1) is 11.3 Å². The lowest BCUT2D eigenvalue weighted by Gasteiger charge is -2.12. The first-order chi connectivity index (χ1) is 8.61. The number of nitrogens with zero attached hydrogens (tertiary/aromatic N) is 3. The maximum atomic E-state index is 5.98. The van der Waals surface area contributed by atoms with Crippen LogP contribution in [0.5, 0.6) is 5.75 Å². The quantitative estimate of drug-likeness (QED) is 0.882. The highest BCUT2D eigenvalue weighted by Gasteiger charge is 2.19. The van der Waals surface area contributed by atoms with Crippen molar-refractivity contribution in [2.24, 2.45) is 5.73 Å². The topological polar surface area (TPSA) is 77.4 Å². The molecule has 0 aliphatic carbocycles. The van der Waals surface area contributed by atoms with Gasteiger partial charge in [0.15, 0.2) is 5.82 Å². The van der Waals surface area contributed by atoms with E-state index in [1.807, 2.05) is 30.4 Å². The van der Waals surface area contributed by atoms with Gasteiger partial charge < -0.3 is 19.9 Å². The fourth-order valence-corrected chi connectivity index (χ4v) is 2.35. The van der Waals surface area contributed by atoms with Crippen molar-refractivity contribution in [3.8, 4) is 16.5 Å². The van der Waals surface area contributed by atoms with Crippen LogP contribution in [0.15, 0.2) is 16.0 Å². The molecule has 2 aromatic rings. The first kappa shape index (κ1) is 13.0. The summed E-state index contributed by atoms with van der Waals surface area (Å²) in [6, 6.07) is 1.60. The minimum Gasteiger partial charge on any atom is -0.495 e. The second-order valence-corrected chi connectivity index (χ2v) is 5.06. The Kier molecular flexibility index (Phi) is 3.95. The van der Waals surface area contributed by atoms with Crippen molar-refractivity contribution in [2.45, 2.75) is 6.04 Å². The Morgan fingerprint density at radius 3 is 3.00 bits per heavy atom. The Morgan fingerprint density at radius 2 is 2.33 bits per heavy atom.